The normalized spacial score (nSPS) is 10.7. The third-order valence-electron chi connectivity index (χ3n) is 1.81. The SMILES string of the molecule is COc1c(F)cc2sccc2c1Cl. The summed E-state index contributed by atoms with van der Waals surface area (Å²) in [5.41, 5.74) is 0. The van der Waals surface area contributed by atoms with Crippen molar-refractivity contribution < 1.29 is 9.13 Å². The van der Waals surface area contributed by atoms with Gasteiger partial charge in [-0.15, -0.1) is 11.3 Å². The van der Waals surface area contributed by atoms with Crippen molar-refractivity contribution in [3.05, 3.63) is 28.4 Å². The first-order valence-corrected chi connectivity index (χ1v) is 4.89. The Bertz CT molecular complexity index is 452. The molecule has 0 aliphatic rings. The quantitative estimate of drug-likeness (QED) is 0.706. The molecule has 0 radical (unpaired) electrons. The van der Waals surface area contributed by atoms with E-state index in [-0.39, 0.29) is 5.75 Å². The van der Waals surface area contributed by atoms with Gasteiger partial charge < -0.3 is 4.74 Å². The molecule has 0 fully saturated rings. The largest absolute Gasteiger partial charge is 0.492 e. The lowest BCUT2D eigenvalue weighted by Gasteiger charge is -2.04. The molecule has 68 valence electrons. The van der Waals surface area contributed by atoms with Gasteiger partial charge in [-0.05, 0) is 17.5 Å². The van der Waals surface area contributed by atoms with Crippen LogP contribution in [-0.4, -0.2) is 7.11 Å². The molecule has 2 rings (SSSR count). The summed E-state index contributed by atoms with van der Waals surface area (Å²) in [6, 6.07) is 3.29. The zero-order valence-corrected chi connectivity index (χ0v) is 8.38. The lowest BCUT2D eigenvalue weighted by Crippen LogP contribution is -1.88. The van der Waals surface area contributed by atoms with E-state index in [2.05, 4.69) is 0 Å². The van der Waals surface area contributed by atoms with Gasteiger partial charge in [0, 0.05) is 10.1 Å². The molecule has 0 unspecified atom stereocenters. The molecule has 1 nitrogen and oxygen atoms in total. The maximum atomic E-state index is 13.3. The van der Waals surface area contributed by atoms with Gasteiger partial charge in [-0.1, -0.05) is 11.6 Å². The van der Waals surface area contributed by atoms with E-state index in [1.165, 1.54) is 24.5 Å². The minimum Gasteiger partial charge on any atom is -0.492 e. The first-order chi connectivity index (χ1) is 6.24. The Balaban J connectivity index is 2.85. The van der Waals surface area contributed by atoms with E-state index in [9.17, 15) is 4.39 Å². The first-order valence-electron chi connectivity index (χ1n) is 3.63. The third-order valence-corrected chi connectivity index (χ3v) is 3.05. The number of ether oxygens (including phenoxy) is 1. The van der Waals surface area contributed by atoms with Crippen LogP contribution in [0.2, 0.25) is 5.02 Å². The lowest BCUT2D eigenvalue weighted by atomic mass is 10.2. The van der Waals surface area contributed by atoms with Crippen LogP contribution >= 0.6 is 22.9 Å². The smallest absolute Gasteiger partial charge is 0.173 e. The molecule has 1 aromatic heterocycles. The molecule has 0 bridgehead atoms. The molecule has 0 aliphatic heterocycles. The number of hydrogen-bond donors (Lipinski definition) is 0. The highest BCUT2D eigenvalue weighted by Crippen LogP contribution is 2.37. The molecule has 0 aliphatic carbocycles. The summed E-state index contributed by atoms with van der Waals surface area (Å²) < 4.78 is 18.9. The molecule has 0 saturated heterocycles. The maximum Gasteiger partial charge on any atom is 0.173 e. The fourth-order valence-corrected chi connectivity index (χ4v) is 2.42. The monoisotopic (exact) mass is 216 g/mol. The maximum absolute atomic E-state index is 13.3. The van der Waals surface area contributed by atoms with Crippen molar-refractivity contribution >= 4 is 33.0 Å². The second-order valence-electron chi connectivity index (χ2n) is 2.54. The summed E-state index contributed by atoms with van der Waals surface area (Å²) in [7, 11) is 1.41. The van der Waals surface area contributed by atoms with Gasteiger partial charge in [0.05, 0.1) is 12.1 Å². The summed E-state index contributed by atoms with van der Waals surface area (Å²) in [4.78, 5) is 0. The molecule has 1 heterocycles. The molecule has 2 aromatic rings. The Morgan fingerprint density at radius 1 is 1.54 bits per heavy atom. The van der Waals surface area contributed by atoms with Crippen molar-refractivity contribution in [1.82, 2.24) is 0 Å². The summed E-state index contributed by atoms with van der Waals surface area (Å²) in [6.07, 6.45) is 0. The van der Waals surface area contributed by atoms with Gasteiger partial charge >= 0.3 is 0 Å². The lowest BCUT2D eigenvalue weighted by molar-refractivity contribution is 0.388. The van der Waals surface area contributed by atoms with Crippen LogP contribution in [0.3, 0.4) is 0 Å². The van der Waals surface area contributed by atoms with E-state index >= 15 is 0 Å². The number of benzene rings is 1. The highest BCUT2D eigenvalue weighted by molar-refractivity contribution is 7.17. The van der Waals surface area contributed by atoms with E-state index in [1.54, 1.807) is 0 Å². The van der Waals surface area contributed by atoms with E-state index in [0.717, 1.165) is 10.1 Å². The second kappa shape index (κ2) is 3.16. The Morgan fingerprint density at radius 3 is 3.00 bits per heavy atom. The van der Waals surface area contributed by atoms with Crippen molar-refractivity contribution in [2.45, 2.75) is 0 Å². The topological polar surface area (TPSA) is 9.23 Å². The number of halogens is 2. The van der Waals surface area contributed by atoms with Crippen LogP contribution in [0, 0.1) is 5.82 Å². The minimum atomic E-state index is -0.414. The number of rotatable bonds is 1. The fourth-order valence-electron chi connectivity index (χ4n) is 1.21. The standard InChI is InChI=1S/C9H6ClFOS/c1-12-9-6(11)4-7-5(8(9)10)2-3-13-7/h2-4H,1H3. The van der Waals surface area contributed by atoms with Crippen LogP contribution in [0.25, 0.3) is 10.1 Å². The van der Waals surface area contributed by atoms with Crippen LogP contribution in [0.15, 0.2) is 17.5 Å². The Kier molecular flexibility index (Phi) is 2.14. The van der Waals surface area contributed by atoms with E-state index < -0.39 is 5.82 Å². The molecule has 13 heavy (non-hydrogen) atoms. The fraction of sp³-hybridized carbons (Fsp3) is 0.111. The Hall–Kier alpha value is -0.800. The van der Waals surface area contributed by atoms with Gasteiger partial charge in [-0.2, -0.15) is 0 Å². The summed E-state index contributed by atoms with van der Waals surface area (Å²) in [5.74, 6) is -0.296. The molecular weight excluding hydrogens is 211 g/mol. The Morgan fingerprint density at radius 2 is 2.31 bits per heavy atom. The van der Waals surface area contributed by atoms with Crippen molar-refractivity contribution in [2.75, 3.05) is 7.11 Å². The van der Waals surface area contributed by atoms with E-state index in [1.807, 2.05) is 11.4 Å². The van der Waals surface area contributed by atoms with Gasteiger partial charge in [-0.3, -0.25) is 0 Å². The van der Waals surface area contributed by atoms with E-state index in [4.69, 9.17) is 16.3 Å². The summed E-state index contributed by atoms with van der Waals surface area (Å²) in [6.45, 7) is 0. The zero-order chi connectivity index (χ0) is 9.42. The van der Waals surface area contributed by atoms with Crippen LogP contribution in [0.1, 0.15) is 0 Å². The summed E-state index contributed by atoms with van der Waals surface area (Å²) >= 11 is 7.38. The van der Waals surface area contributed by atoms with Crippen molar-refractivity contribution in [2.24, 2.45) is 0 Å². The second-order valence-corrected chi connectivity index (χ2v) is 3.86. The zero-order valence-electron chi connectivity index (χ0n) is 6.80. The average molecular weight is 217 g/mol. The van der Waals surface area contributed by atoms with Gasteiger partial charge in [0.1, 0.15) is 0 Å². The molecule has 0 saturated carbocycles. The average Bonchev–Trinajstić information content (AvgIpc) is 2.53. The predicted octanol–water partition coefficient (Wildman–Crippen LogP) is 3.70. The van der Waals surface area contributed by atoms with Gasteiger partial charge in [0.15, 0.2) is 11.6 Å². The third kappa shape index (κ3) is 1.28. The molecule has 0 spiro atoms. The number of hydrogen-bond acceptors (Lipinski definition) is 2. The summed E-state index contributed by atoms with van der Waals surface area (Å²) in [5, 5.41) is 3.05. The number of methoxy groups -OCH3 is 1. The van der Waals surface area contributed by atoms with Gasteiger partial charge in [0.2, 0.25) is 0 Å². The molecule has 1 aromatic carbocycles. The molecule has 0 amide bonds. The van der Waals surface area contributed by atoms with E-state index in [0.29, 0.717) is 5.02 Å². The highest BCUT2D eigenvalue weighted by Gasteiger charge is 2.12. The van der Waals surface area contributed by atoms with Crippen molar-refractivity contribution in [3.63, 3.8) is 0 Å². The van der Waals surface area contributed by atoms with Crippen LogP contribution < -0.4 is 4.74 Å². The van der Waals surface area contributed by atoms with Crippen LogP contribution in [0.5, 0.6) is 5.75 Å². The van der Waals surface area contributed by atoms with Crippen LogP contribution in [-0.2, 0) is 0 Å². The molecular formula is C9H6ClFOS. The number of thiophene rings is 1. The van der Waals surface area contributed by atoms with Crippen molar-refractivity contribution in [1.29, 1.82) is 0 Å². The van der Waals surface area contributed by atoms with Crippen molar-refractivity contribution in [3.8, 4) is 5.75 Å². The Labute approximate surface area is 83.7 Å². The molecule has 4 heteroatoms. The van der Waals surface area contributed by atoms with Gasteiger partial charge in [0.25, 0.3) is 0 Å². The molecule has 0 atom stereocenters. The van der Waals surface area contributed by atoms with Crippen LogP contribution in [0.4, 0.5) is 4.39 Å². The van der Waals surface area contributed by atoms with Gasteiger partial charge in [-0.25, -0.2) is 4.39 Å². The number of fused-ring (bicyclic) bond motifs is 1. The predicted molar refractivity (Wildman–Crippen MR) is 53.3 cm³/mol. The first kappa shape index (κ1) is 8.78. The highest BCUT2D eigenvalue weighted by atomic mass is 35.5. The minimum absolute atomic E-state index is 0.118. The molecule has 0 N–H and O–H groups in total.